The molecule has 1 N–H and O–H groups in total. The lowest BCUT2D eigenvalue weighted by atomic mass is 10.0. The van der Waals surface area contributed by atoms with Gasteiger partial charge < -0.3 is 9.84 Å². The zero-order chi connectivity index (χ0) is 13.0. The van der Waals surface area contributed by atoms with E-state index in [2.05, 4.69) is 0 Å². The normalized spacial score (nSPS) is 9.88. The second kappa shape index (κ2) is 5.53. The highest BCUT2D eigenvalue weighted by Crippen LogP contribution is 2.32. The van der Waals surface area contributed by atoms with Gasteiger partial charge in [0.25, 0.3) is 0 Å². The number of hydrogen-bond donors (Lipinski definition) is 1. The highest BCUT2D eigenvalue weighted by molar-refractivity contribution is 5.95. The number of methoxy groups -OCH3 is 1. The molecule has 0 atom stereocenters. The maximum Gasteiger partial charge on any atom is 0.161 e. The van der Waals surface area contributed by atoms with E-state index in [1.165, 1.54) is 14.0 Å². The summed E-state index contributed by atoms with van der Waals surface area (Å²) >= 11 is 0. The van der Waals surface area contributed by atoms with Gasteiger partial charge in [-0.15, -0.1) is 0 Å². The van der Waals surface area contributed by atoms with Crippen molar-refractivity contribution in [1.29, 1.82) is 0 Å². The molecular weight excluding hydrogens is 216 g/mol. The van der Waals surface area contributed by atoms with Crippen molar-refractivity contribution in [1.82, 2.24) is 0 Å². The molecule has 0 aliphatic rings. The summed E-state index contributed by atoms with van der Waals surface area (Å²) in [7, 11) is 1.48. The van der Waals surface area contributed by atoms with Crippen LogP contribution < -0.4 is 4.74 Å². The summed E-state index contributed by atoms with van der Waals surface area (Å²) < 4.78 is 5.06. The maximum absolute atomic E-state index is 11.4. The number of ether oxygens (including phenoxy) is 1. The molecular formula is C14H18O3. The molecule has 0 bridgehead atoms. The molecule has 1 aromatic rings. The van der Waals surface area contributed by atoms with Gasteiger partial charge in [0.2, 0.25) is 0 Å². The number of benzene rings is 1. The number of allylic oxidation sites excluding steroid dienone is 2. The Morgan fingerprint density at radius 3 is 2.47 bits per heavy atom. The Balaban J connectivity index is 3.22. The Morgan fingerprint density at radius 2 is 2.00 bits per heavy atom. The van der Waals surface area contributed by atoms with Crippen molar-refractivity contribution in [2.45, 2.75) is 27.2 Å². The number of carbonyl (C=O) groups is 1. The number of hydrogen-bond acceptors (Lipinski definition) is 3. The van der Waals surface area contributed by atoms with Crippen molar-refractivity contribution in [3.63, 3.8) is 0 Å². The lowest BCUT2D eigenvalue weighted by molar-refractivity contribution is 0.101. The zero-order valence-corrected chi connectivity index (χ0v) is 10.7. The van der Waals surface area contributed by atoms with Crippen LogP contribution in [0.5, 0.6) is 11.5 Å². The summed E-state index contributed by atoms with van der Waals surface area (Å²) in [6.07, 6.45) is 2.59. The molecule has 0 aliphatic carbocycles. The number of phenolic OH excluding ortho intramolecular Hbond substituents is 1. The summed E-state index contributed by atoms with van der Waals surface area (Å²) in [6.45, 7) is 5.47. The van der Waals surface area contributed by atoms with E-state index in [-0.39, 0.29) is 11.5 Å². The predicted molar refractivity (Wildman–Crippen MR) is 67.8 cm³/mol. The van der Waals surface area contributed by atoms with E-state index in [4.69, 9.17) is 4.74 Å². The topological polar surface area (TPSA) is 46.5 Å². The van der Waals surface area contributed by atoms with Crippen molar-refractivity contribution >= 4 is 5.78 Å². The van der Waals surface area contributed by atoms with E-state index >= 15 is 0 Å². The van der Waals surface area contributed by atoms with Crippen LogP contribution in [0.15, 0.2) is 23.8 Å². The van der Waals surface area contributed by atoms with Gasteiger partial charge in [-0.3, -0.25) is 4.79 Å². The molecule has 0 unspecified atom stereocenters. The average molecular weight is 234 g/mol. The number of phenols is 1. The lowest BCUT2D eigenvalue weighted by Crippen LogP contribution is -1.97. The van der Waals surface area contributed by atoms with E-state index in [0.717, 1.165) is 5.57 Å². The molecule has 3 heteroatoms. The Kier molecular flexibility index (Phi) is 4.32. The number of ketones is 1. The number of aromatic hydroxyl groups is 1. The van der Waals surface area contributed by atoms with E-state index in [1.54, 1.807) is 12.1 Å². The van der Waals surface area contributed by atoms with Crippen molar-refractivity contribution in [2.24, 2.45) is 0 Å². The Hall–Kier alpha value is -1.77. The van der Waals surface area contributed by atoms with Gasteiger partial charge in [-0.25, -0.2) is 0 Å². The lowest BCUT2D eigenvalue weighted by Gasteiger charge is -2.10. The molecule has 3 nitrogen and oxygen atoms in total. The van der Waals surface area contributed by atoms with Crippen LogP contribution in [0.2, 0.25) is 0 Å². The summed E-state index contributed by atoms with van der Waals surface area (Å²) in [5.41, 5.74) is 2.42. The van der Waals surface area contributed by atoms with Crippen LogP contribution in [0, 0.1) is 0 Å². The van der Waals surface area contributed by atoms with E-state index in [0.29, 0.717) is 23.3 Å². The minimum Gasteiger partial charge on any atom is -0.504 e. The van der Waals surface area contributed by atoms with Crippen LogP contribution in [0.25, 0.3) is 0 Å². The van der Waals surface area contributed by atoms with Gasteiger partial charge in [0.05, 0.1) is 7.11 Å². The molecule has 92 valence electrons. The van der Waals surface area contributed by atoms with Gasteiger partial charge in [0.1, 0.15) is 0 Å². The summed E-state index contributed by atoms with van der Waals surface area (Å²) in [4.78, 5) is 11.4. The smallest absolute Gasteiger partial charge is 0.161 e. The van der Waals surface area contributed by atoms with Crippen LogP contribution >= 0.6 is 0 Å². The second-order valence-corrected chi connectivity index (χ2v) is 4.23. The fraction of sp³-hybridized carbons (Fsp3) is 0.357. The minimum absolute atomic E-state index is 0.0400. The molecule has 0 heterocycles. The molecule has 0 amide bonds. The quantitative estimate of drug-likeness (QED) is 0.643. The highest BCUT2D eigenvalue weighted by Gasteiger charge is 2.11. The molecule has 17 heavy (non-hydrogen) atoms. The first-order valence-corrected chi connectivity index (χ1v) is 5.50. The van der Waals surface area contributed by atoms with Gasteiger partial charge >= 0.3 is 0 Å². The number of Topliss-reactive ketones (excluding diaryl/α,β-unsaturated/α-hetero) is 1. The zero-order valence-electron chi connectivity index (χ0n) is 10.7. The van der Waals surface area contributed by atoms with Crippen LogP contribution in [0.1, 0.15) is 36.7 Å². The highest BCUT2D eigenvalue weighted by atomic mass is 16.5. The van der Waals surface area contributed by atoms with Gasteiger partial charge in [-0.2, -0.15) is 0 Å². The van der Waals surface area contributed by atoms with Crippen LogP contribution in [-0.4, -0.2) is 18.0 Å². The van der Waals surface area contributed by atoms with Gasteiger partial charge in [0.15, 0.2) is 17.3 Å². The first kappa shape index (κ1) is 13.3. The SMILES string of the molecule is COc1cc(C(C)=O)cc(CC=C(C)C)c1O. The second-order valence-electron chi connectivity index (χ2n) is 4.23. The average Bonchev–Trinajstić information content (AvgIpc) is 2.27. The maximum atomic E-state index is 11.4. The van der Waals surface area contributed by atoms with E-state index in [9.17, 15) is 9.90 Å². The molecule has 1 rings (SSSR count). The Morgan fingerprint density at radius 1 is 1.35 bits per heavy atom. The summed E-state index contributed by atoms with van der Waals surface area (Å²) in [6, 6.07) is 3.27. The van der Waals surface area contributed by atoms with Gasteiger partial charge in [-0.1, -0.05) is 11.6 Å². The van der Waals surface area contributed by atoms with Gasteiger partial charge in [0, 0.05) is 11.1 Å². The third kappa shape index (κ3) is 3.34. The first-order valence-electron chi connectivity index (χ1n) is 5.50. The van der Waals surface area contributed by atoms with Crippen molar-refractivity contribution < 1.29 is 14.6 Å². The minimum atomic E-state index is -0.0400. The van der Waals surface area contributed by atoms with Crippen LogP contribution in [0.4, 0.5) is 0 Å². The third-order valence-corrected chi connectivity index (χ3v) is 2.51. The molecule has 1 aromatic carbocycles. The van der Waals surface area contributed by atoms with Gasteiger partial charge in [-0.05, 0) is 39.3 Å². The molecule has 0 saturated carbocycles. The van der Waals surface area contributed by atoms with Crippen molar-refractivity contribution in [3.05, 3.63) is 34.9 Å². The Labute approximate surface area is 102 Å². The Bertz CT molecular complexity index is 455. The van der Waals surface area contributed by atoms with Crippen LogP contribution in [-0.2, 0) is 6.42 Å². The predicted octanol–water partition coefficient (Wildman–Crippen LogP) is 3.11. The fourth-order valence-electron chi connectivity index (χ4n) is 1.49. The van der Waals surface area contributed by atoms with Crippen molar-refractivity contribution in [3.8, 4) is 11.5 Å². The monoisotopic (exact) mass is 234 g/mol. The molecule has 0 saturated heterocycles. The van der Waals surface area contributed by atoms with Crippen LogP contribution in [0.3, 0.4) is 0 Å². The van der Waals surface area contributed by atoms with Crippen molar-refractivity contribution in [2.75, 3.05) is 7.11 Å². The molecule has 0 spiro atoms. The largest absolute Gasteiger partial charge is 0.504 e. The molecule has 0 aliphatic heterocycles. The first-order chi connectivity index (χ1) is 7.95. The van der Waals surface area contributed by atoms with E-state index < -0.39 is 0 Å². The summed E-state index contributed by atoms with van der Waals surface area (Å²) in [5.74, 6) is 0.409. The summed E-state index contributed by atoms with van der Waals surface area (Å²) in [5, 5.41) is 9.94. The van der Waals surface area contributed by atoms with E-state index in [1.807, 2.05) is 19.9 Å². The number of carbonyl (C=O) groups excluding carboxylic acids is 1. The standard InChI is InChI=1S/C14H18O3/c1-9(2)5-6-11-7-12(10(3)15)8-13(17-4)14(11)16/h5,7-8,16H,6H2,1-4H3. The molecule has 0 fully saturated rings. The number of rotatable bonds is 4. The third-order valence-electron chi connectivity index (χ3n) is 2.51. The fourth-order valence-corrected chi connectivity index (χ4v) is 1.49. The molecule has 0 aromatic heterocycles. The molecule has 0 radical (unpaired) electrons.